The third-order valence-electron chi connectivity index (χ3n) is 2.23. The van der Waals surface area contributed by atoms with Crippen molar-refractivity contribution in [1.82, 2.24) is 9.97 Å². The molecule has 0 unspecified atom stereocenters. The minimum absolute atomic E-state index is 0.0553. The van der Waals surface area contributed by atoms with Crippen molar-refractivity contribution >= 4 is 53.1 Å². The molecule has 8 heteroatoms. The van der Waals surface area contributed by atoms with Crippen LogP contribution in [0.5, 0.6) is 0 Å². The molecular formula is C11H8Cl2N4OS. The normalized spacial score (nSPS) is 11.1. The van der Waals surface area contributed by atoms with Crippen molar-refractivity contribution in [2.24, 2.45) is 4.99 Å². The second-order valence-electron chi connectivity index (χ2n) is 3.60. The number of hydrogen-bond acceptors (Lipinski definition) is 4. The largest absolute Gasteiger partial charge is 0.383 e. The van der Waals surface area contributed by atoms with Gasteiger partial charge in [0.25, 0.3) is 5.56 Å². The van der Waals surface area contributed by atoms with Crippen molar-refractivity contribution in [3.8, 4) is 0 Å². The van der Waals surface area contributed by atoms with Gasteiger partial charge in [-0.2, -0.15) is 0 Å². The number of nitrogens with one attached hydrogen (secondary N) is 2. The van der Waals surface area contributed by atoms with Gasteiger partial charge in [0.05, 0.1) is 10.0 Å². The van der Waals surface area contributed by atoms with Crippen LogP contribution in [-0.2, 0) is 0 Å². The number of anilines is 1. The van der Waals surface area contributed by atoms with Crippen LogP contribution in [0.1, 0.15) is 5.56 Å². The zero-order chi connectivity index (χ0) is 14.0. The molecule has 0 aliphatic carbocycles. The summed E-state index contributed by atoms with van der Waals surface area (Å²) >= 11 is 16.5. The Morgan fingerprint density at radius 2 is 2.00 bits per heavy atom. The molecule has 1 heterocycles. The van der Waals surface area contributed by atoms with Gasteiger partial charge in [-0.3, -0.25) is 9.78 Å². The summed E-state index contributed by atoms with van der Waals surface area (Å²) in [6.45, 7) is 0. The predicted octanol–water partition coefficient (Wildman–Crippen LogP) is 3.07. The topological polar surface area (TPSA) is 87.0 Å². The second-order valence-corrected chi connectivity index (χ2v) is 4.82. The number of rotatable bonds is 2. The van der Waals surface area contributed by atoms with Gasteiger partial charge in [-0.15, -0.1) is 0 Å². The lowest BCUT2D eigenvalue weighted by Gasteiger charge is -1.99. The van der Waals surface area contributed by atoms with Crippen LogP contribution < -0.4 is 11.3 Å². The quantitative estimate of drug-likeness (QED) is 0.588. The number of nitrogen functional groups attached to an aromatic ring is 1. The van der Waals surface area contributed by atoms with Gasteiger partial charge in [-0.1, -0.05) is 29.3 Å². The van der Waals surface area contributed by atoms with Crippen LogP contribution in [0.4, 0.5) is 11.5 Å². The zero-order valence-corrected chi connectivity index (χ0v) is 11.7. The highest BCUT2D eigenvalue weighted by atomic mass is 35.5. The van der Waals surface area contributed by atoms with Gasteiger partial charge in [0, 0.05) is 6.21 Å². The van der Waals surface area contributed by atoms with Crippen LogP contribution in [0.25, 0.3) is 0 Å². The van der Waals surface area contributed by atoms with Crippen molar-refractivity contribution in [1.29, 1.82) is 0 Å². The third kappa shape index (κ3) is 3.23. The molecule has 0 aliphatic rings. The molecule has 0 amide bonds. The summed E-state index contributed by atoms with van der Waals surface area (Å²) in [6.07, 6.45) is 1.46. The van der Waals surface area contributed by atoms with Crippen molar-refractivity contribution in [3.05, 3.63) is 48.9 Å². The highest BCUT2D eigenvalue weighted by Crippen LogP contribution is 2.22. The minimum Gasteiger partial charge on any atom is -0.383 e. The maximum Gasteiger partial charge on any atom is 0.279 e. The van der Waals surface area contributed by atoms with Crippen molar-refractivity contribution in [2.45, 2.75) is 0 Å². The van der Waals surface area contributed by atoms with E-state index >= 15 is 0 Å². The fourth-order valence-corrected chi connectivity index (χ4v) is 1.87. The maximum absolute atomic E-state index is 11.6. The van der Waals surface area contributed by atoms with Gasteiger partial charge in [0.1, 0.15) is 5.82 Å². The molecule has 0 atom stereocenters. The first-order valence-electron chi connectivity index (χ1n) is 5.08. The van der Waals surface area contributed by atoms with E-state index in [9.17, 15) is 4.79 Å². The molecule has 1 aromatic heterocycles. The van der Waals surface area contributed by atoms with Crippen LogP contribution in [0.3, 0.4) is 0 Å². The number of halogens is 2. The predicted molar refractivity (Wildman–Crippen MR) is 80.4 cm³/mol. The highest BCUT2D eigenvalue weighted by molar-refractivity contribution is 7.71. The lowest BCUT2D eigenvalue weighted by Crippen LogP contribution is -2.10. The smallest absolute Gasteiger partial charge is 0.279 e. The van der Waals surface area contributed by atoms with Gasteiger partial charge in [0.2, 0.25) is 0 Å². The molecule has 0 radical (unpaired) electrons. The van der Waals surface area contributed by atoms with E-state index in [-0.39, 0.29) is 16.3 Å². The Balaban J connectivity index is 2.40. The molecule has 5 nitrogen and oxygen atoms in total. The van der Waals surface area contributed by atoms with Crippen molar-refractivity contribution in [2.75, 3.05) is 5.73 Å². The van der Waals surface area contributed by atoms with Gasteiger partial charge >= 0.3 is 0 Å². The molecule has 0 aliphatic heterocycles. The SMILES string of the molecule is Nc1[nH]c(=S)[nH]c(=O)c1N=Cc1ccc(Cl)c(Cl)c1. The Morgan fingerprint density at radius 3 is 2.63 bits per heavy atom. The summed E-state index contributed by atoms with van der Waals surface area (Å²) in [6, 6.07) is 4.98. The minimum atomic E-state index is -0.461. The summed E-state index contributed by atoms with van der Waals surface area (Å²) in [5, 5.41) is 0.847. The van der Waals surface area contributed by atoms with Crippen LogP contribution in [0.15, 0.2) is 28.0 Å². The van der Waals surface area contributed by atoms with Crippen molar-refractivity contribution < 1.29 is 0 Å². The molecule has 0 fully saturated rings. The molecule has 0 spiro atoms. The van der Waals surface area contributed by atoms with Crippen molar-refractivity contribution in [3.63, 3.8) is 0 Å². The lowest BCUT2D eigenvalue weighted by atomic mass is 10.2. The van der Waals surface area contributed by atoms with E-state index in [1.165, 1.54) is 6.21 Å². The third-order valence-corrected chi connectivity index (χ3v) is 3.17. The zero-order valence-electron chi connectivity index (χ0n) is 9.41. The second kappa shape index (κ2) is 5.56. The summed E-state index contributed by atoms with van der Waals surface area (Å²) in [4.78, 5) is 20.6. The number of hydrogen-bond donors (Lipinski definition) is 3. The van der Waals surface area contributed by atoms with E-state index in [4.69, 9.17) is 41.2 Å². The molecule has 98 valence electrons. The molecule has 0 saturated heterocycles. The monoisotopic (exact) mass is 314 g/mol. The number of aromatic amines is 2. The molecule has 1 aromatic carbocycles. The average Bonchev–Trinajstić information content (AvgIpc) is 2.32. The molecule has 2 aromatic rings. The molecular weight excluding hydrogens is 307 g/mol. The fraction of sp³-hybridized carbons (Fsp3) is 0. The number of nitrogens with two attached hydrogens (primary N) is 1. The lowest BCUT2D eigenvalue weighted by molar-refractivity contribution is 1.09. The Kier molecular flexibility index (Phi) is 4.04. The molecule has 0 bridgehead atoms. The van der Waals surface area contributed by atoms with Gasteiger partial charge < -0.3 is 10.7 Å². The van der Waals surface area contributed by atoms with E-state index in [1.54, 1.807) is 18.2 Å². The number of aromatic nitrogens is 2. The number of aliphatic imine (C=N–C) groups is 1. The molecule has 4 N–H and O–H groups in total. The van der Waals surface area contributed by atoms with Gasteiger partial charge in [-0.25, -0.2) is 4.99 Å². The van der Waals surface area contributed by atoms with E-state index in [2.05, 4.69) is 15.0 Å². The Hall–Kier alpha value is -1.63. The number of H-pyrrole nitrogens is 2. The van der Waals surface area contributed by atoms with E-state index in [0.29, 0.717) is 15.6 Å². The summed E-state index contributed by atoms with van der Waals surface area (Å²) in [5.74, 6) is 0.102. The van der Waals surface area contributed by atoms with Crippen LogP contribution in [0.2, 0.25) is 10.0 Å². The average molecular weight is 315 g/mol. The van der Waals surface area contributed by atoms with Crippen LogP contribution in [-0.4, -0.2) is 16.2 Å². The van der Waals surface area contributed by atoms with Crippen LogP contribution >= 0.6 is 35.4 Å². The summed E-state index contributed by atoms with van der Waals surface area (Å²) < 4.78 is 0.149. The molecule has 0 saturated carbocycles. The standard InChI is InChI=1S/C11H8Cl2N4OS/c12-6-2-1-5(3-7(6)13)4-15-8-9(14)16-11(19)17-10(8)18/h1-4H,(H4,14,16,17,18,19). The van der Waals surface area contributed by atoms with Gasteiger partial charge in [-0.05, 0) is 29.9 Å². The Labute approximate surface area is 123 Å². The number of nitrogens with zero attached hydrogens (tertiary/aromatic N) is 1. The van der Waals surface area contributed by atoms with E-state index in [0.717, 1.165) is 0 Å². The Bertz CT molecular complexity index is 766. The first-order valence-corrected chi connectivity index (χ1v) is 6.25. The fourth-order valence-electron chi connectivity index (χ4n) is 1.36. The first-order chi connectivity index (χ1) is 8.97. The van der Waals surface area contributed by atoms with E-state index in [1.807, 2.05) is 0 Å². The Morgan fingerprint density at radius 1 is 1.26 bits per heavy atom. The van der Waals surface area contributed by atoms with E-state index < -0.39 is 5.56 Å². The van der Waals surface area contributed by atoms with Crippen LogP contribution in [0, 0.1) is 4.77 Å². The first kappa shape index (κ1) is 13.8. The molecule has 2 rings (SSSR count). The van der Waals surface area contributed by atoms with Gasteiger partial charge in [0.15, 0.2) is 10.5 Å². The number of benzene rings is 1. The summed E-state index contributed by atoms with van der Waals surface area (Å²) in [5.41, 5.74) is 5.92. The maximum atomic E-state index is 11.6. The summed E-state index contributed by atoms with van der Waals surface area (Å²) in [7, 11) is 0. The molecule has 19 heavy (non-hydrogen) atoms. The highest BCUT2D eigenvalue weighted by Gasteiger charge is 2.03.